The molecule has 0 saturated heterocycles. The highest BCUT2D eigenvalue weighted by atomic mass is 32.1. The topological polar surface area (TPSA) is 67.2 Å². The first-order chi connectivity index (χ1) is 15.1. The van der Waals surface area contributed by atoms with Crippen LogP contribution in [0.15, 0.2) is 42.0 Å². The van der Waals surface area contributed by atoms with Crippen molar-refractivity contribution >= 4 is 33.4 Å². The summed E-state index contributed by atoms with van der Waals surface area (Å²) in [5.41, 5.74) is 1.64. The number of amides is 2. The van der Waals surface area contributed by atoms with Crippen molar-refractivity contribution in [3.05, 3.63) is 53.3 Å². The van der Waals surface area contributed by atoms with E-state index in [-0.39, 0.29) is 17.9 Å². The van der Waals surface area contributed by atoms with Crippen LogP contribution in [0.1, 0.15) is 61.5 Å². The molecule has 0 spiro atoms. The molecule has 1 aliphatic heterocycles. The predicted molar refractivity (Wildman–Crippen MR) is 122 cm³/mol. The van der Waals surface area contributed by atoms with Crippen LogP contribution in [0.4, 0.5) is 0 Å². The Balaban J connectivity index is 1.51. The third kappa shape index (κ3) is 3.65. The third-order valence-electron chi connectivity index (χ3n) is 6.79. The molecule has 1 atom stereocenters. The summed E-state index contributed by atoms with van der Waals surface area (Å²) in [7, 11) is 0. The van der Waals surface area contributed by atoms with Gasteiger partial charge in [0.15, 0.2) is 0 Å². The lowest BCUT2D eigenvalue weighted by Gasteiger charge is -2.44. The van der Waals surface area contributed by atoms with Gasteiger partial charge in [-0.25, -0.2) is 0 Å². The zero-order valence-electron chi connectivity index (χ0n) is 17.8. The average molecular weight is 437 g/mol. The summed E-state index contributed by atoms with van der Waals surface area (Å²) in [6, 6.07) is 8.01. The van der Waals surface area contributed by atoms with E-state index in [1.165, 1.54) is 12.8 Å². The Bertz CT molecular complexity index is 1100. The lowest BCUT2D eigenvalue weighted by Crippen LogP contribution is -2.64. The summed E-state index contributed by atoms with van der Waals surface area (Å²) in [6.07, 6.45) is 10.3. The second kappa shape index (κ2) is 8.11. The van der Waals surface area contributed by atoms with Crippen molar-refractivity contribution < 1.29 is 9.59 Å². The molecular weight excluding hydrogens is 408 g/mol. The van der Waals surface area contributed by atoms with E-state index in [9.17, 15) is 9.59 Å². The van der Waals surface area contributed by atoms with Crippen LogP contribution in [0.25, 0.3) is 10.2 Å². The molecule has 1 N–H and O–H groups in total. The molecule has 1 aliphatic carbocycles. The SMILES string of the molecule is CC1(C(=O)NC2CCCCCC2)Cn2c(cc3sccc32)C(=O)N1Cc1cccnc1. The number of nitrogens with one attached hydrogen (secondary N) is 1. The minimum absolute atomic E-state index is 0.0561. The maximum atomic E-state index is 13.7. The van der Waals surface area contributed by atoms with Crippen molar-refractivity contribution in [1.82, 2.24) is 19.8 Å². The summed E-state index contributed by atoms with van der Waals surface area (Å²) < 4.78 is 3.11. The minimum atomic E-state index is -0.972. The first-order valence-corrected chi connectivity index (χ1v) is 12.0. The maximum Gasteiger partial charge on any atom is 0.271 e. The second-order valence-corrected chi connectivity index (χ2v) is 9.92. The molecule has 4 heterocycles. The molecule has 2 amide bonds. The van der Waals surface area contributed by atoms with Gasteiger partial charge in [-0.15, -0.1) is 11.3 Å². The molecule has 3 aromatic rings. The van der Waals surface area contributed by atoms with Crippen LogP contribution in [0, 0.1) is 0 Å². The Morgan fingerprint density at radius 1 is 1.26 bits per heavy atom. The van der Waals surface area contributed by atoms with E-state index >= 15 is 0 Å². The van der Waals surface area contributed by atoms with Gasteiger partial charge >= 0.3 is 0 Å². The number of nitrogens with zero attached hydrogens (tertiary/aromatic N) is 3. The maximum absolute atomic E-state index is 13.7. The van der Waals surface area contributed by atoms with Crippen molar-refractivity contribution in [2.75, 3.05) is 0 Å². The number of fused-ring (bicyclic) bond motifs is 3. The summed E-state index contributed by atoms with van der Waals surface area (Å²) in [4.78, 5) is 33.3. The van der Waals surface area contributed by atoms with E-state index in [2.05, 4.69) is 10.3 Å². The monoisotopic (exact) mass is 436 g/mol. The van der Waals surface area contributed by atoms with Gasteiger partial charge in [-0.3, -0.25) is 14.6 Å². The molecule has 1 saturated carbocycles. The van der Waals surface area contributed by atoms with Crippen LogP contribution in [-0.2, 0) is 17.9 Å². The van der Waals surface area contributed by atoms with Crippen molar-refractivity contribution in [3.63, 3.8) is 0 Å². The highest BCUT2D eigenvalue weighted by molar-refractivity contribution is 7.17. The van der Waals surface area contributed by atoms with E-state index in [4.69, 9.17) is 0 Å². The molecule has 1 fully saturated rings. The van der Waals surface area contributed by atoms with Crippen LogP contribution < -0.4 is 5.32 Å². The first kappa shape index (κ1) is 20.2. The number of pyridine rings is 1. The van der Waals surface area contributed by atoms with Crippen LogP contribution >= 0.6 is 11.3 Å². The first-order valence-electron chi connectivity index (χ1n) is 11.1. The number of carbonyl (C=O) groups excluding carboxylic acids is 2. The number of rotatable bonds is 4. The molecule has 0 radical (unpaired) electrons. The fourth-order valence-electron chi connectivity index (χ4n) is 4.96. The van der Waals surface area contributed by atoms with Gasteiger partial charge in [0.05, 0.1) is 16.8 Å². The van der Waals surface area contributed by atoms with Crippen molar-refractivity contribution in [2.24, 2.45) is 0 Å². The molecule has 162 valence electrons. The summed E-state index contributed by atoms with van der Waals surface area (Å²) >= 11 is 1.63. The summed E-state index contributed by atoms with van der Waals surface area (Å²) in [5.74, 6) is -0.156. The van der Waals surface area contributed by atoms with Gasteiger partial charge in [0.1, 0.15) is 11.2 Å². The van der Waals surface area contributed by atoms with Crippen molar-refractivity contribution in [3.8, 4) is 0 Å². The Morgan fingerprint density at radius 3 is 2.81 bits per heavy atom. The predicted octanol–water partition coefficient (Wildman–Crippen LogP) is 4.35. The van der Waals surface area contributed by atoms with Crippen molar-refractivity contribution in [2.45, 2.75) is 70.1 Å². The molecule has 1 unspecified atom stereocenters. The molecule has 0 aromatic carbocycles. The molecular formula is C24H28N4O2S. The van der Waals surface area contributed by atoms with E-state index in [0.29, 0.717) is 18.8 Å². The molecule has 0 bridgehead atoms. The lowest BCUT2D eigenvalue weighted by molar-refractivity contribution is -0.134. The fourth-order valence-corrected chi connectivity index (χ4v) is 5.78. The number of aromatic nitrogens is 2. The van der Waals surface area contributed by atoms with Gasteiger partial charge in [-0.2, -0.15) is 0 Å². The molecule has 31 heavy (non-hydrogen) atoms. The third-order valence-corrected chi connectivity index (χ3v) is 7.64. The van der Waals surface area contributed by atoms with Crippen LogP contribution in [0.5, 0.6) is 0 Å². The lowest BCUT2D eigenvalue weighted by atomic mass is 9.93. The Hall–Kier alpha value is -2.67. The Kier molecular flexibility index (Phi) is 5.30. The van der Waals surface area contributed by atoms with Gasteiger partial charge in [0.2, 0.25) is 5.91 Å². The van der Waals surface area contributed by atoms with Gasteiger partial charge in [-0.1, -0.05) is 31.7 Å². The Labute approximate surface area is 186 Å². The second-order valence-electron chi connectivity index (χ2n) is 8.97. The normalized spacial score (nSPS) is 22.4. The standard InChI is InChI=1S/C24H28N4O2S/c1-24(23(30)26-18-8-4-2-3-5-9-18)16-27-19-10-12-31-21(19)13-20(27)22(29)28(24)15-17-7-6-11-25-14-17/h6-7,10-14,18H,2-5,8-9,15-16H2,1H3,(H,26,30). The van der Waals surface area contributed by atoms with Crippen LogP contribution in [0.2, 0.25) is 0 Å². The van der Waals surface area contributed by atoms with E-state index in [0.717, 1.165) is 41.5 Å². The van der Waals surface area contributed by atoms with Crippen LogP contribution in [-0.4, -0.2) is 37.8 Å². The average Bonchev–Trinajstić information content (AvgIpc) is 3.26. The zero-order chi connectivity index (χ0) is 21.4. The Morgan fingerprint density at radius 2 is 2.06 bits per heavy atom. The van der Waals surface area contributed by atoms with Gasteiger partial charge in [-0.05, 0) is 48.9 Å². The number of hydrogen-bond acceptors (Lipinski definition) is 4. The van der Waals surface area contributed by atoms with Gasteiger partial charge < -0.3 is 14.8 Å². The number of hydrogen-bond donors (Lipinski definition) is 1. The summed E-state index contributed by atoms with van der Waals surface area (Å²) in [6.45, 7) is 2.72. The van der Waals surface area contributed by atoms with E-state index in [1.807, 2.05) is 41.1 Å². The quantitative estimate of drug-likeness (QED) is 0.618. The zero-order valence-corrected chi connectivity index (χ0v) is 18.7. The molecule has 2 aliphatic rings. The highest BCUT2D eigenvalue weighted by Crippen LogP contribution is 2.35. The van der Waals surface area contributed by atoms with Crippen LogP contribution in [0.3, 0.4) is 0 Å². The molecule has 6 nitrogen and oxygen atoms in total. The smallest absolute Gasteiger partial charge is 0.271 e. The summed E-state index contributed by atoms with van der Waals surface area (Å²) in [5, 5.41) is 5.35. The molecule has 3 aromatic heterocycles. The number of thiophene rings is 1. The van der Waals surface area contributed by atoms with Gasteiger partial charge in [0, 0.05) is 25.0 Å². The largest absolute Gasteiger partial charge is 0.351 e. The van der Waals surface area contributed by atoms with E-state index < -0.39 is 5.54 Å². The fraction of sp³-hybridized carbons (Fsp3) is 0.458. The number of carbonyl (C=O) groups is 2. The molecule has 7 heteroatoms. The van der Waals surface area contributed by atoms with Gasteiger partial charge in [0.25, 0.3) is 5.91 Å². The highest BCUT2D eigenvalue weighted by Gasteiger charge is 2.48. The van der Waals surface area contributed by atoms with Crippen molar-refractivity contribution in [1.29, 1.82) is 0 Å². The van der Waals surface area contributed by atoms with E-state index in [1.54, 1.807) is 28.6 Å². The molecule has 5 rings (SSSR count). The minimum Gasteiger partial charge on any atom is -0.351 e.